The Balaban J connectivity index is 1.70. The zero-order valence-corrected chi connectivity index (χ0v) is 16.8. The Morgan fingerprint density at radius 1 is 1.10 bits per heavy atom. The Morgan fingerprint density at radius 3 is 2.41 bits per heavy atom. The van der Waals surface area contributed by atoms with Crippen molar-refractivity contribution < 1.29 is 23.5 Å². The fraction of sp³-hybridized carbons (Fsp3) is 0.364. The summed E-state index contributed by atoms with van der Waals surface area (Å²) in [6, 6.07) is 9.00. The van der Waals surface area contributed by atoms with Crippen molar-refractivity contribution in [2.24, 2.45) is 5.92 Å². The Kier molecular flexibility index (Phi) is 6.36. The van der Waals surface area contributed by atoms with E-state index in [0.717, 1.165) is 12.0 Å². The molecular formula is C22H25FN2O4. The third-order valence-corrected chi connectivity index (χ3v) is 5.16. The van der Waals surface area contributed by atoms with Crippen LogP contribution in [0.2, 0.25) is 0 Å². The maximum Gasteiger partial charge on any atom is 0.253 e. The van der Waals surface area contributed by atoms with Crippen molar-refractivity contribution in [1.29, 1.82) is 0 Å². The first-order valence-electron chi connectivity index (χ1n) is 9.51. The predicted octanol–water partition coefficient (Wildman–Crippen LogP) is 3.64. The molecule has 29 heavy (non-hydrogen) atoms. The van der Waals surface area contributed by atoms with E-state index in [1.807, 2.05) is 6.92 Å². The van der Waals surface area contributed by atoms with Gasteiger partial charge in [0.1, 0.15) is 5.82 Å². The number of likely N-dealkylation sites (tertiary alicyclic amines) is 1. The van der Waals surface area contributed by atoms with Gasteiger partial charge in [-0.25, -0.2) is 4.39 Å². The number of carbonyl (C=O) groups excluding carboxylic acids is 2. The second-order valence-electron chi connectivity index (χ2n) is 7.11. The maximum atomic E-state index is 13.1. The van der Waals surface area contributed by atoms with Gasteiger partial charge in [-0.05, 0) is 55.7 Å². The van der Waals surface area contributed by atoms with E-state index in [1.165, 1.54) is 24.3 Å². The van der Waals surface area contributed by atoms with Crippen LogP contribution < -0.4 is 14.8 Å². The van der Waals surface area contributed by atoms with Crippen molar-refractivity contribution in [3.8, 4) is 11.5 Å². The largest absolute Gasteiger partial charge is 0.493 e. The zero-order chi connectivity index (χ0) is 21.0. The van der Waals surface area contributed by atoms with Gasteiger partial charge in [0.15, 0.2) is 11.5 Å². The monoisotopic (exact) mass is 400 g/mol. The molecule has 0 aromatic heterocycles. The Bertz CT molecular complexity index is 898. The molecule has 3 rings (SSSR count). The van der Waals surface area contributed by atoms with Crippen LogP contribution in [0.4, 0.5) is 10.1 Å². The quantitative estimate of drug-likeness (QED) is 0.832. The number of piperidine rings is 1. The molecule has 0 bridgehead atoms. The zero-order valence-electron chi connectivity index (χ0n) is 16.8. The van der Waals surface area contributed by atoms with Crippen LogP contribution in [0.3, 0.4) is 0 Å². The number of nitrogens with zero attached hydrogens (tertiary/aromatic N) is 1. The van der Waals surface area contributed by atoms with Crippen molar-refractivity contribution in [3.63, 3.8) is 0 Å². The fourth-order valence-corrected chi connectivity index (χ4v) is 3.50. The number of hydrogen-bond donors (Lipinski definition) is 1. The van der Waals surface area contributed by atoms with Crippen molar-refractivity contribution in [1.82, 2.24) is 4.90 Å². The van der Waals surface area contributed by atoms with E-state index in [4.69, 9.17) is 9.47 Å². The summed E-state index contributed by atoms with van der Waals surface area (Å²) in [5.41, 5.74) is 1.92. The highest BCUT2D eigenvalue weighted by atomic mass is 19.1. The lowest BCUT2D eigenvalue weighted by Gasteiger charge is -2.32. The van der Waals surface area contributed by atoms with Crippen LogP contribution in [-0.2, 0) is 4.79 Å². The number of carbonyl (C=O) groups is 2. The summed E-state index contributed by atoms with van der Waals surface area (Å²) in [5.74, 6) is 0.0898. The van der Waals surface area contributed by atoms with Crippen LogP contribution in [0.15, 0.2) is 36.4 Å². The van der Waals surface area contributed by atoms with E-state index in [0.29, 0.717) is 42.3 Å². The number of methoxy groups -OCH3 is 2. The predicted molar refractivity (Wildman–Crippen MR) is 108 cm³/mol. The molecule has 0 aliphatic carbocycles. The molecule has 1 unspecified atom stereocenters. The number of halogens is 1. The molecule has 0 spiro atoms. The summed E-state index contributed by atoms with van der Waals surface area (Å²) >= 11 is 0. The van der Waals surface area contributed by atoms with Gasteiger partial charge in [0.25, 0.3) is 5.91 Å². The molecule has 2 amide bonds. The van der Waals surface area contributed by atoms with E-state index in [9.17, 15) is 14.0 Å². The SMILES string of the molecule is COc1cc(C)c(NC(=O)C2CCCN(C(=O)c3ccc(F)cc3)C2)cc1OC. The first-order chi connectivity index (χ1) is 13.9. The first kappa shape index (κ1) is 20.6. The Morgan fingerprint density at radius 2 is 1.76 bits per heavy atom. The molecule has 1 aliphatic rings. The van der Waals surface area contributed by atoms with Crippen LogP contribution in [0.5, 0.6) is 11.5 Å². The van der Waals surface area contributed by atoms with Crippen molar-refractivity contribution in [3.05, 3.63) is 53.3 Å². The van der Waals surface area contributed by atoms with E-state index >= 15 is 0 Å². The van der Waals surface area contributed by atoms with E-state index in [1.54, 1.807) is 31.3 Å². The molecule has 2 aromatic rings. The third-order valence-electron chi connectivity index (χ3n) is 5.16. The summed E-state index contributed by atoms with van der Waals surface area (Å²) in [6.07, 6.45) is 1.43. The number of ether oxygens (including phenoxy) is 2. The molecule has 0 radical (unpaired) electrons. The summed E-state index contributed by atoms with van der Waals surface area (Å²) in [4.78, 5) is 27.2. The maximum absolute atomic E-state index is 13.1. The molecule has 1 aliphatic heterocycles. The summed E-state index contributed by atoms with van der Waals surface area (Å²) in [7, 11) is 3.10. The molecule has 154 valence electrons. The molecule has 1 atom stereocenters. The number of hydrogen-bond acceptors (Lipinski definition) is 4. The van der Waals surface area contributed by atoms with Gasteiger partial charge in [0.05, 0.1) is 20.1 Å². The minimum atomic E-state index is -0.386. The average molecular weight is 400 g/mol. The highest BCUT2D eigenvalue weighted by molar-refractivity contribution is 5.96. The molecular weight excluding hydrogens is 375 g/mol. The minimum Gasteiger partial charge on any atom is -0.493 e. The third kappa shape index (κ3) is 4.67. The van der Waals surface area contributed by atoms with Gasteiger partial charge in [-0.3, -0.25) is 9.59 Å². The van der Waals surface area contributed by atoms with Crippen LogP contribution >= 0.6 is 0 Å². The number of anilines is 1. The van der Waals surface area contributed by atoms with E-state index in [-0.39, 0.29) is 23.5 Å². The molecule has 1 saturated heterocycles. The molecule has 6 nitrogen and oxygen atoms in total. The lowest BCUT2D eigenvalue weighted by Crippen LogP contribution is -2.43. The van der Waals surface area contributed by atoms with Crippen molar-refractivity contribution >= 4 is 17.5 Å². The van der Waals surface area contributed by atoms with Gasteiger partial charge in [-0.15, -0.1) is 0 Å². The Labute approximate surface area is 169 Å². The van der Waals surface area contributed by atoms with Crippen LogP contribution in [0.1, 0.15) is 28.8 Å². The molecule has 2 aromatic carbocycles. The van der Waals surface area contributed by atoms with Gasteiger partial charge in [0.2, 0.25) is 5.91 Å². The lowest BCUT2D eigenvalue weighted by molar-refractivity contribution is -0.121. The summed E-state index contributed by atoms with van der Waals surface area (Å²) < 4.78 is 23.7. The van der Waals surface area contributed by atoms with Gasteiger partial charge in [-0.1, -0.05) is 0 Å². The first-order valence-corrected chi connectivity index (χ1v) is 9.51. The number of benzene rings is 2. The number of aryl methyl sites for hydroxylation is 1. The second-order valence-corrected chi connectivity index (χ2v) is 7.11. The van der Waals surface area contributed by atoms with Gasteiger partial charge >= 0.3 is 0 Å². The highest BCUT2D eigenvalue weighted by Crippen LogP contribution is 2.33. The van der Waals surface area contributed by atoms with Crippen molar-refractivity contribution in [2.75, 3.05) is 32.6 Å². The molecule has 1 heterocycles. The average Bonchev–Trinajstić information content (AvgIpc) is 2.74. The molecule has 7 heteroatoms. The normalized spacial score (nSPS) is 16.3. The van der Waals surface area contributed by atoms with Gasteiger partial charge in [-0.2, -0.15) is 0 Å². The standard InChI is InChI=1S/C22H25FN2O4/c1-14-11-19(28-2)20(29-3)12-18(14)24-21(26)16-5-4-10-25(13-16)22(27)15-6-8-17(23)9-7-15/h6-9,11-12,16H,4-5,10,13H2,1-3H3,(H,24,26). The second kappa shape index (κ2) is 8.94. The smallest absolute Gasteiger partial charge is 0.253 e. The highest BCUT2D eigenvalue weighted by Gasteiger charge is 2.29. The molecule has 1 N–H and O–H groups in total. The lowest BCUT2D eigenvalue weighted by atomic mass is 9.96. The molecule has 1 fully saturated rings. The summed E-state index contributed by atoms with van der Waals surface area (Å²) in [6.45, 7) is 2.78. The topological polar surface area (TPSA) is 67.9 Å². The van der Waals surface area contributed by atoms with Gasteiger partial charge < -0.3 is 19.7 Å². The van der Waals surface area contributed by atoms with Gasteiger partial charge in [0, 0.05) is 30.4 Å². The molecule has 0 saturated carbocycles. The van der Waals surface area contributed by atoms with E-state index in [2.05, 4.69) is 5.32 Å². The van der Waals surface area contributed by atoms with Crippen molar-refractivity contribution in [2.45, 2.75) is 19.8 Å². The number of rotatable bonds is 5. The summed E-state index contributed by atoms with van der Waals surface area (Å²) in [5, 5.41) is 2.95. The minimum absolute atomic E-state index is 0.142. The van der Waals surface area contributed by atoms with Crippen LogP contribution in [0, 0.1) is 18.7 Å². The number of nitrogens with one attached hydrogen (secondary N) is 1. The Hall–Kier alpha value is -3.09. The van der Waals surface area contributed by atoms with Crippen LogP contribution in [0.25, 0.3) is 0 Å². The number of amides is 2. The fourth-order valence-electron chi connectivity index (χ4n) is 3.50. The van der Waals surface area contributed by atoms with E-state index < -0.39 is 0 Å². The van der Waals surface area contributed by atoms with Crippen LogP contribution in [-0.4, -0.2) is 44.0 Å².